The van der Waals surface area contributed by atoms with Crippen molar-refractivity contribution in [2.75, 3.05) is 0 Å². The van der Waals surface area contributed by atoms with E-state index in [1.54, 1.807) is 10.9 Å². The quantitative estimate of drug-likeness (QED) is 0.715. The smallest absolute Gasteiger partial charge is 0.244 e. The molecule has 1 heterocycles. The summed E-state index contributed by atoms with van der Waals surface area (Å²) < 4.78 is 1.80. The Morgan fingerprint density at radius 2 is 2.50 bits per heavy atom. The lowest BCUT2D eigenvalue weighted by atomic mass is 10.2. The lowest BCUT2D eigenvalue weighted by molar-refractivity contribution is -0.117. The van der Waals surface area contributed by atoms with E-state index < -0.39 is 0 Å². The summed E-state index contributed by atoms with van der Waals surface area (Å²) in [5.41, 5.74) is 0.879. The summed E-state index contributed by atoms with van der Waals surface area (Å²) in [5.74, 6) is -0.122. The van der Waals surface area contributed by atoms with Crippen LogP contribution in [-0.4, -0.2) is 15.7 Å². The number of rotatable bonds is 3. The number of hydrogen-bond donors (Lipinski definition) is 1. The van der Waals surface area contributed by atoms with Crippen LogP contribution < -0.4 is 5.32 Å². The maximum absolute atomic E-state index is 11.2. The Morgan fingerprint density at radius 1 is 1.79 bits per heavy atom. The van der Waals surface area contributed by atoms with Crippen LogP contribution in [0.25, 0.3) is 0 Å². The van der Waals surface area contributed by atoms with E-state index in [4.69, 9.17) is 0 Å². The summed E-state index contributed by atoms with van der Waals surface area (Å²) >= 11 is 0. The van der Waals surface area contributed by atoms with E-state index in [9.17, 15) is 4.79 Å². The van der Waals surface area contributed by atoms with Gasteiger partial charge in [-0.1, -0.05) is 6.58 Å². The molecule has 0 saturated heterocycles. The molecule has 14 heavy (non-hydrogen) atoms. The largest absolute Gasteiger partial charge is 0.341 e. The molecule has 0 aromatic carbocycles. The molecule has 1 N–H and O–H groups in total. The number of nitrogens with one attached hydrogen (secondary N) is 1. The maximum atomic E-state index is 11.2. The summed E-state index contributed by atoms with van der Waals surface area (Å²) in [5, 5.41) is 7.04. The summed E-state index contributed by atoms with van der Waals surface area (Å²) in [6.45, 7) is 3.44. The van der Waals surface area contributed by atoms with Crippen LogP contribution in [0.15, 0.2) is 24.9 Å². The van der Waals surface area contributed by atoms with Gasteiger partial charge in [-0.2, -0.15) is 5.10 Å². The van der Waals surface area contributed by atoms with Crippen molar-refractivity contribution in [1.82, 2.24) is 15.1 Å². The predicted octanol–water partition coefficient (Wildman–Crippen LogP) is 0.711. The summed E-state index contributed by atoms with van der Waals surface area (Å²) in [7, 11) is 1.88. The van der Waals surface area contributed by atoms with Gasteiger partial charge in [0.25, 0.3) is 0 Å². The van der Waals surface area contributed by atoms with Crippen LogP contribution in [0.1, 0.15) is 18.5 Å². The van der Waals surface area contributed by atoms with Gasteiger partial charge in [-0.05, 0) is 25.0 Å². The van der Waals surface area contributed by atoms with Crippen molar-refractivity contribution < 1.29 is 4.79 Å². The van der Waals surface area contributed by atoms with Gasteiger partial charge in [-0.25, -0.2) is 0 Å². The van der Waals surface area contributed by atoms with Crippen LogP contribution >= 0.6 is 0 Å². The van der Waals surface area contributed by atoms with E-state index in [0.29, 0.717) is 0 Å². The molecule has 0 atom stereocenters. The Kier molecular flexibility index (Phi) is 1.91. The van der Waals surface area contributed by atoms with Crippen molar-refractivity contribution in [3.63, 3.8) is 0 Å². The highest BCUT2D eigenvalue weighted by Gasteiger charge is 2.47. The summed E-state index contributed by atoms with van der Waals surface area (Å²) in [4.78, 5) is 11.2. The van der Waals surface area contributed by atoms with Gasteiger partial charge in [0.1, 0.15) is 0 Å². The first-order valence-corrected chi connectivity index (χ1v) is 4.61. The molecule has 1 aromatic rings. The first-order chi connectivity index (χ1) is 6.68. The molecule has 0 bridgehead atoms. The molecule has 1 aromatic heterocycles. The molecular formula is C10H13N3O. The fourth-order valence-corrected chi connectivity index (χ4v) is 1.70. The number of amides is 1. The minimum Gasteiger partial charge on any atom is -0.341 e. The Morgan fingerprint density at radius 3 is 2.93 bits per heavy atom. The molecule has 0 aliphatic heterocycles. The number of aromatic nitrogens is 2. The van der Waals surface area contributed by atoms with Crippen LogP contribution in [0, 0.1) is 0 Å². The summed E-state index contributed by atoms with van der Waals surface area (Å²) in [6.07, 6.45) is 5.00. The standard InChI is InChI=1S/C10H13N3O/c1-3-9(14)12-10(5-6-10)8-4-7-11-13(8)2/h3-4,7H,1,5-6H2,2H3,(H,12,14). The molecule has 74 valence electrons. The monoisotopic (exact) mass is 191 g/mol. The van der Waals surface area contributed by atoms with Gasteiger partial charge < -0.3 is 5.32 Å². The molecule has 0 spiro atoms. The fourth-order valence-electron chi connectivity index (χ4n) is 1.70. The predicted molar refractivity (Wildman–Crippen MR) is 52.5 cm³/mol. The normalized spacial score (nSPS) is 17.5. The second kappa shape index (κ2) is 2.97. The highest BCUT2D eigenvalue weighted by atomic mass is 16.1. The average Bonchev–Trinajstić information content (AvgIpc) is 2.80. The lowest BCUT2D eigenvalue weighted by Crippen LogP contribution is -2.35. The minimum atomic E-state index is -0.184. The van der Waals surface area contributed by atoms with Gasteiger partial charge in [0.15, 0.2) is 0 Å². The number of aryl methyl sites for hydroxylation is 1. The first kappa shape index (κ1) is 8.99. The summed E-state index contributed by atoms with van der Waals surface area (Å²) in [6, 6.07) is 1.94. The van der Waals surface area contributed by atoms with Gasteiger partial charge in [0, 0.05) is 13.2 Å². The van der Waals surface area contributed by atoms with Gasteiger partial charge in [0.2, 0.25) is 5.91 Å². The fraction of sp³-hybridized carbons (Fsp3) is 0.400. The van der Waals surface area contributed by atoms with E-state index >= 15 is 0 Å². The van der Waals surface area contributed by atoms with Gasteiger partial charge in [0.05, 0.1) is 11.2 Å². The van der Waals surface area contributed by atoms with Crippen molar-refractivity contribution in [3.8, 4) is 0 Å². The van der Waals surface area contributed by atoms with Crippen molar-refractivity contribution in [3.05, 3.63) is 30.6 Å². The van der Waals surface area contributed by atoms with Crippen LogP contribution in [0.2, 0.25) is 0 Å². The van der Waals surface area contributed by atoms with Gasteiger partial charge in [-0.15, -0.1) is 0 Å². The number of carbonyl (C=O) groups excluding carboxylic acids is 1. The molecule has 0 radical (unpaired) electrons. The maximum Gasteiger partial charge on any atom is 0.244 e. The minimum absolute atomic E-state index is 0.122. The van der Waals surface area contributed by atoms with Crippen molar-refractivity contribution >= 4 is 5.91 Å². The Hall–Kier alpha value is -1.58. The lowest BCUT2D eigenvalue weighted by Gasteiger charge is -2.16. The van der Waals surface area contributed by atoms with Crippen LogP contribution in [0.5, 0.6) is 0 Å². The van der Waals surface area contributed by atoms with Crippen LogP contribution in [0.4, 0.5) is 0 Å². The van der Waals surface area contributed by atoms with E-state index in [2.05, 4.69) is 17.0 Å². The molecule has 4 heteroatoms. The SMILES string of the molecule is C=CC(=O)NC1(c2ccnn2C)CC1. The zero-order valence-corrected chi connectivity index (χ0v) is 8.16. The average molecular weight is 191 g/mol. The molecule has 1 aliphatic carbocycles. The number of carbonyl (C=O) groups is 1. The van der Waals surface area contributed by atoms with Crippen molar-refractivity contribution in [2.24, 2.45) is 7.05 Å². The molecule has 2 rings (SSSR count). The molecule has 1 fully saturated rings. The van der Waals surface area contributed by atoms with E-state index in [1.807, 2.05) is 13.1 Å². The van der Waals surface area contributed by atoms with Crippen molar-refractivity contribution in [2.45, 2.75) is 18.4 Å². The van der Waals surface area contributed by atoms with Crippen molar-refractivity contribution in [1.29, 1.82) is 0 Å². The third-order valence-corrected chi connectivity index (χ3v) is 2.61. The second-order valence-electron chi connectivity index (χ2n) is 3.62. The third-order valence-electron chi connectivity index (χ3n) is 2.61. The topological polar surface area (TPSA) is 46.9 Å². The molecular weight excluding hydrogens is 178 g/mol. The van der Waals surface area contributed by atoms with E-state index in [0.717, 1.165) is 18.5 Å². The first-order valence-electron chi connectivity index (χ1n) is 4.61. The molecule has 1 aliphatic rings. The van der Waals surface area contributed by atoms with Gasteiger partial charge >= 0.3 is 0 Å². The van der Waals surface area contributed by atoms with E-state index in [-0.39, 0.29) is 11.4 Å². The Labute approximate surface area is 82.6 Å². The highest BCUT2D eigenvalue weighted by molar-refractivity contribution is 5.87. The third kappa shape index (κ3) is 1.32. The molecule has 0 unspecified atom stereocenters. The molecule has 1 amide bonds. The Bertz CT molecular complexity index is 376. The number of hydrogen-bond acceptors (Lipinski definition) is 2. The van der Waals surface area contributed by atoms with Crippen LogP contribution in [-0.2, 0) is 17.4 Å². The zero-order chi connectivity index (χ0) is 10.2. The van der Waals surface area contributed by atoms with Crippen LogP contribution in [0.3, 0.4) is 0 Å². The highest BCUT2D eigenvalue weighted by Crippen LogP contribution is 2.45. The molecule has 1 saturated carbocycles. The zero-order valence-electron chi connectivity index (χ0n) is 8.16. The number of nitrogens with zero attached hydrogens (tertiary/aromatic N) is 2. The van der Waals surface area contributed by atoms with Gasteiger partial charge in [-0.3, -0.25) is 9.48 Å². The van der Waals surface area contributed by atoms with E-state index in [1.165, 1.54) is 6.08 Å². The molecule has 4 nitrogen and oxygen atoms in total. The Balaban J connectivity index is 2.21. The second-order valence-corrected chi connectivity index (χ2v) is 3.62.